The van der Waals surface area contributed by atoms with Gasteiger partial charge in [0.05, 0.1) is 24.2 Å². The molecule has 294 valence electrons. The van der Waals surface area contributed by atoms with Gasteiger partial charge in [-0.15, -0.1) is 0 Å². The molecule has 0 amide bonds. The van der Waals surface area contributed by atoms with Gasteiger partial charge in [0.25, 0.3) is 0 Å². The Balaban J connectivity index is 1.38. The zero-order valence-electron chi connectivity index (χ0n) is 34.0. The van der Waals surface area contributed by atoms with Crippen LogP contribution in [0.3, 0.4) is 0 Å². The maximum atomic E-state index is 7.06. The van der Waals surface area contributed by atoms with E-state index in [1.165, 1.54) is 107 Å². The van der Waals surface area contributed by atoms with Crippen molar-refractivity contribution in [1.29, 1.82) is 0 Å². The molecule has 7 aromatic rings. The monoisotopic (exact) mass is 791 g/mol. The van der Waals surface area contributed by atoms with Crippen molar-refractivity contribution >= 4 is 69.5 Å². The van der Waals surface area contributed by atoms with Crippen molar-refractivity contribution in [2.45, 2.75) is 90.9 Å². The van der Waals surface area contributed by atoms with Crippen LogP contribution in [0.25, 0.3) is 21.8 Å². The molecular formula is C52H59NO2P2. The van der Waals surface area contributed by atoms with Crippen LogP contribution in [0.2, 0.25) is 0 Å². The fourth-order valence-corrected chi connectivity index (χ4v) is 12.7. The van der Waals surface area contributed by atoms with E-state index in [0.29, 0.717) is 13.2 Å². The number of H-pyrrole nitrogens is 1. The van der Waals surface area contributed by atoms with E-state index in [1.54, 1.807) is 0 Å². The summed E-state index contributed by atoms with van der Waals surface area (Å²) in [7, 11) is -1.76. The molecule has 7 rings (SSSR count). The van der Waals surface area contributed by atoms with E-state index in [9.17, 15) is 0 Å². The summed E-state index contributed by atoms with van der Waals surface area (Å²) in [6.07, 6.45) is 14.7. The molecule has 0 aliphatic rings. The van der Waals surface area contributed by atoms with Crippen LogP contribution >= 0.6 is 15.8 Å². The number of aromatic amines is 1. The summed E-state index contributed by atoms with van der Waals surface area (Å²) in [5.74, 6) is 1.96. The number of fused-ring (bicyclic) bond motifs is 3. The van der Waals surface area contributed by atoms with E-state index in [4.69, 9.17) is 9.47 Å². The zero-order chi connectivity index (χ0) is 39.1. The van der Waals surface area contributed by atoms with Gasteiger partial charge in [-0.2, -0.15) is 0 Å². The Hall–Kier alpha value is -4.42. The molecule has 5 heteroatoms. The molecule has 0 atom stereocenters. The summed E-state index contributed by atoms with van der Waals surface area (Å²) in [6.45, 7) is 5.95. The first-order valence-corrected chi connectivity index (χ1v) is 24.1. The molecule has 0 bridgehead atoms. The van der Waals surface area contributed by atoms with Gasteiger partial charge in [0.15, 0.2) is 11.5 Å². The summed E-state index contributed by atoms with van der Waals surface area (Å²) in [4.78, 5) is 4.02. The van der Waals surface area contributed by atoms with Crippen LogP contribution in [0.15, 0.2) is 146 Å². The van der Waals surface area contributed by atoms with E-state index < -0.39 is 15.8 Å². The van der Waals surface area contributed by atoms with Crippen LogP contribution in [0.5, 0.6) is 11.5 Å². The standard InChI is InChI=1S/C52H59NO2P2/c1-3-5-7-9-11-25-39-54-51-47(56(41-27-17-13-18-28-41)42-29-19-14-20-30-42)37-35-45-46-36-38-48(57(43-31-21-15-22-32-43)44-33-23-16-24-34-44)52(50(46)53-49(45)51)55-40-26-12-10-8-6-4-2/h13-24,27-38,53H,3-12,25-26,39-40H2,1-2H3. The third-order valence-corrected chi connectivity index (χ3v) is 15.8. The quantitative estimate of drug-likeness (QED) is 0.0548. The average Bonchev–Trinajstić information content (AvgIpc) is 3.65. The van der Waals surface area contributed by atoms with Gasteiger partial charge in [-0.3, -0.25) is 0 Å². The fraction of sp³-hybridized carbons (Fsp3) is 0.308. The lowest BCUT2D eigenvalue weighted by Gasteiger charge is -2.23. The molecule has 0 fully saturated rings. The second kappa shape index (κ2) is 21.4. The molecule has 1 aromatic heterocycles. The molecule has 1 heterocycles. The van der Waals surface area contributed by atoms with E-state index in [0.717, 1.165) is 35.4 Å². The molecule has 0 saturated heterocycles. The Bertz CT molecular complexity index is 2000. The normalized spacial score (nSPS) is 11.6. The highest BCUT2D eigenvalue weighted by atomic mass is 31.1. The maximum absolute atomic E-state index is 7.06. The van der Waals surface area contributed by atoms with Crippen molar-refractivity contribution in [3.63, 3.8) is 0 Å². The minimum atomic E-state index is -0.878. The first kappa shape index (κ1) is 40.8. The third-order valence-electron chi connectivity index (χ3n) is 10.8. The van der Waals surface area contributed by atoms with Crippen molar-refractivity contribution in [1.82, 2.24) is 4.98 Å². The predicted molar refractivity (Wildman–Crippen MR) is 251 cm³/mol. The number of ether oxygens (including phenoxy) is 2. The van der Waals surface area contributed by atoms with Gasteiger partial charge in [0, 0.05) is 21.4 Å². The van der Waals surface area contributed by atoms with E-state index in [-0.39, 0.29) is 0 Å². The highest BCUT2D eigenvalue weighted by Gasteiger charge is 2.27. The molecule has 6 aromatic carbocycles. The van der Waals surface area contributed by atoms with E-state index in [2.05, 4.69) is 164 Å². The number of hydrogen-bond acceptors (Lipinski definition) is 2. The molecule has 0 aliphatic heterocycles. The number of benzene rings is 6. The molecule has 0 saturated carbocycles. The molecule has 57 heavy (non-hydrogen) atoms. The van der Waals surface area contributed by atoms with Crippen molar-refractivity contribution in [2.24, 2.45) is 0 Å². The number of hydrogen-bond donors (Lipinski definition) is 1. The summed E-state index contributed by atoms with van der Waals surface area (Å²) in [5.41, 5.74) is 2.14. The summed E-state index contributed by atoms with van der Waals surface area (Å²) in [6, 6.07) is 53.4. The van der Waals surface area contributed by atoms with Crippen molar-refractivity contribution in [2.75, 3.05) is 13.2 Å². The lowest BCUT2D eigenvalue weighted by molar-refractivity contribution is 0.309. The number of rotatable bonds is 22. The van der Waals surface area contributed by atoms with Crippen LogP contribution in [-0.2, 0) is 0 Å². The first-order valence-electron chi connectivity index (χ1n) is 21.5. The Morgan fingerprint density at radius 2 is 0.684 bits per heavy atom. The van der Waals surface area contributed by atoms with Crippen LogP contribution in [0, 0.1) is 0 Å². The van der Waals surface area contributed by atoms with Crippen LogP contribution in [0.4, 0.5) is 0 Å². The topological polar surface area (TPSA) is 34.2 Å². The Kier molecular flexibility index (Phi) is 15.3. The molecule has 0 spiro atoms. The third kappa shape index (κ3) is 10.2. The summed E-state index contributed by atoms with van der Waals surface area (Å²) < 4.78 is 14.1. The van der Waals surface area contributed by atoms with Gasteiger partial charge < -0.3 is 14.5 Å². The Morgan fingerprint density at radius 1 is 0.368 bits per heavy atom. The molecule has 1 N–H and O–H groups in total. The molecule has 0 unspecified atom stereocenters. The largest absolute Gasteiger partial charge is 0.491 e. The number of aromatic nitrogens is 1. The second-order valence-corrected chi connectivity index (χ2v) is 19.4. The lowest BCUT2D eigenvalue weighted by atomic mass is 10.1. The second-order valence-electron chi connectivity index (χ2n) is 15.0. The van der Waals surface area contributed by atoms with Gasteiger partial charge in [-0.25, -0.2) is 0 Å². The van der Waals surface area contributed by atoms with Gasteiger partial charge in [-0.1, -0.05) is 212 Å². The zero-order valence-corrected chi connectivity index (χ0v) is 35.8. The summed E-state index contributed by atoms with van der Waals surface area (Å²) >= 11 is 0. The van der Waals surface area contributed by atoms with Crippen molar-refractivity contribution < 1.29 is 9.47 Å². The Labute approximate surface area is 343 Å². The number of unbranched alkanes of at least 4 members (excludes halogenated alkanes) is 10. The molecule has 3 nitrogen and oxygen atoms in total. The fourth-order valence-electron chi connectivity index (χ4n) is 7.89. The van der Waals surface area contributed by atoms with E-state index >= 15 is 0 Å². The minimum Gasteiger partial charge on any atom is -0.491 e. The molecule has 0 radical (unpaired) electrons. The van der Waals surface area contributed by atoms with Gasteiger partial charge in [-0.05, 0) is 62.0 Å². The highest BCUT2D eigenvalue weighted by Crippen LogP contribution is 2.45. The van der Waals surface area contributed by atoms with Gasteiger partial charge >= 0.3 is 0 Å². The van der Waals surface area contributed by atoms with Crippen LogP contribution in [-0.4, -0.2) is 18.2 Å². The smallest absolute Gasteiger partial charge is 0.151 e. The highest BCUT2D eigenvalue weighted by molar-refractivity contribution is 7.80. The minimum absolute atomic E-state index is 0.695. The molecular weight excluding hydrogens is 733 g/mol. The summed E-state index contributed by atoms with van der Waals surface area (Å²) in [5, 5.41) is 10.1. The lowest BCUT2D eigenvalue weighted by Crippen LogP contribution is -2.22. The average molecular weight is 792 g/mol. The SMILES string of the molecule is CCCCCCCCOc1c(P(c2ccccc2)c2ccccc2)ccc2c1[nH]c1c(OCCCCCCCC)c(P(c3ccccc3)c3ccccc3)ccc12. The van der Waals surface area contributed by atoms with Gasteiger partial charge in [0.1, 0.15) is 0 Å². The number of nitrogens with one attached hydrogen (secondary N) is 1. The maximum Gasteiger partial charge on any atom is 0.151 e. The Morgan fingerprint density at radius 3 is 1.02 bits per heavy atom. The molecule has 0 aliphatic carbocycles. The van der Waals surface area contributed by atoms with Crippen LogP contribution < -0.4 is 41.3 Å². The van der Waals surface area contributed by atoms with Gasteiger partial charge in [0.2, 0.25) is 0 Å². The van der Waals surface area contributed by atoms with E-state index in [1.807, 2.05) is 0 Å². The predicted octanol–water partition coefficient (Wildman–Crippen LogP) is 12.3. The van der Waals surface area contributed by atoms with Crippen molar-refractivity contribution in [3.05, 3.63) is 146 Å². The first-order chi connectivity index (χ1) is 28.3. The van der Waals surface area contributed by atoms with Crippen LogP contribution in [0.1, 0.15) is 90.9 Å². The van der Waals surface area contributed by atoms with Crippen molar-refractivity contribution in [3.8, 4) is 11.5 Å².